The quantitative estimate of drug-likeness (QED) is 0.175. The Morgan fingerprint density at radius 1 is 0.263 bits per heavy atom. The molecule has 4 heterocycles. The van der Waals surface area contributed by atoms with Crippen LogP contribution in [0.15, 0.2) is 176 Å². The van der Waals surface area contributed by atoms with Crippen LogP contribution in [-0.2, 0) is 0 Å². The topological polar surface area (TPSA) is 38.7 Å². The zero-order valence-electron chi connectivity index (χ0n) is 30.3. The molecule has 0 saturated carbocycles. The maximum absolute atomic E-state index is 5.12. The fourth-order valence-corrected chi connectivity index (χ4v) is 11.8. The summed E-state index contributed by atoms with van der Waals surface area (Å²) >= 11 is 5.58. The van der Waals surface area contributed by atoms with Crippen molar-refractivity contribution in [3.05, 3.63) is 176 Å². The first kappa shape index (κ1) is 32.7. The molecule has 0 atom stereocenters. The maximum Gasteiger partial charge on any atom is 0.164 e. The molecule has 0 radical (unpaired) electrons. The molecule has 57 heavy (non-hydrogen) atoms. The molecular formula is C51H29N3S3. The van der Waals surface area contributed by atoms with Crippen molar-refractivity contribution in [3.63, 3.8) is 0 Å². The molecule has 0 bridgehead atoms. The maximum atomic E-state index is 5.12. The second-order valence-corrected chi connectivity index (χ2v) is 17.6. The zero-order chi connectivity index (χ0) is 37.5. The molecule has 0 aliphatic rings. The standard InChI is InChI=1S/C51H29N3S3/c1-3-13-30(14-4-1)49-52-50(31-15-5-2-6-16-31)54-51(53-49)38-20-12-24-43-47(38)37-26-25-32(28-44(37)57-43)39-27-33(29-45-48(39)36-18-8-10-22-41(36)56-45)34-19-11-23-42-46(34)35-17-7-9-21-40(35)55-42/h1-29H. The third-order valence-electron chi connectivity index (χ3n) is 10.9. The normalized spacial score (nSPS) is 11.9. The first-order valence-electron chi connectivity index (χ1n) is 18.9. The van der Waals surface area contributed by atoms with E-state index in [0.717, 1.165) is 16.7 Å². The number of fused-ring (bicyclic) bond motifs is 9. The molecular weight excluding hydrogens is 751 g/mol. The van der Waals surface area contributed by atoms with Gasteiger partial charge in [-0.25, -0.2) is 15.0 Å². The van der Waals surface area contributed by atoms with Crippen molar-refractivity contribution in [1.29, 1.82) is 0 Å². The largest absolute Gasteiger partial charge is 0.208 e. The zero-order valence-corrected chi connectivity index (χ0v) is 32.8. The molecule has 0 spiro atoms. The molecule has 3 nitrogen and oxygen atoms in total. The Labute approximate surface area is 339 Å². The van der Waals surface area contributed by atoms with E-state index in [4.69, 9.17) is 15.0 Å². The van der Waals surface area contributed by atoms with Crippen LogP contribution >= 0.6 is 34.0 Å². The van der Waals surface area contributed by atoms with Crippen molar-refractivity contribution in [2.45, 2.75) is 0 Å². The summed E-state index contributed by atoms with van der Waals surface area (Å²) in [6.07, 6.45) is 0. The van der Waals surface area contributed by atoms with Crippen LogP contribution in [0.2, 0.25) is 0 Å². The predicted molar refractivity (Wildman–Crippen MR) is 246 cm³/mol. The Bertz CT molecular complexity index is 3470. The molecule has 266 valence electrons. The van der Waals surface area contributed by atoms with Crippen molar-refractivity contribution >= 4 is 94.5 Å². The van der Waals surface area contributed by atoms with E-state index in [1.807, 2.05) is 70.4 Å². The Morgan fingerprint density at radius 3 is 1.40 bits per heavy atom. The summed E-state index contributed by atoms with van der Waals surface area (Å²) in [5, 5.41) is 7.64. The van der Waals surface area contributed by atoms with Gasteiger partial charge in [0.15, 0.2) is 17.5 Å². The molecule has 0 unspecified atom stereocenters. The van der Waals surface area contributed by atoms with Crippen molar-refractivity contribution < 1.29 is 0 Å². The third kappa shape index (κ3) is 5.33. The van der Waals surface area contributed by atoms with Gasteiger partial charge in [-0.1, -0.05) is 133 Å². The van der Waals surface area contributed by atoms with E-state index in [0.29, 0.717) is 17.5 Å². The lowest BCUT2D eigenvalue weighted by atomic mass is 9.92. The predicted octanol–water partition coefficient (Wildman–Crippen LogP) is 15.3. The number of rotatable bonds is 5. The van der Waals surface area contributed by atoms with E-state index in [-0.39, 0.29) is 0 Å². The number of hydrogen-bond acceptors (Lipinski definition) is 6. The van der Waals surface area contributed by atoms with Crippen molar-refractivity contribution in [3.8, 4) is 56.4 Å². The Kier molecular flexibility index (Phi) is 7.45. The van der Waals surface area contributed by atoms with Gasteiger partial charge in [-0.2, -0.15) is 0 Å². The summed E-state index contributed by atoms with van der Waals surface area (Å²) < 4.78 is 7.69. The van der Waals surface area contributed by atoms with Crippen molar-refractivity contribution in [2.75, 3.05) is 0 Å². The van der Waals surface area contributed by atoms with Crippen LogP contribution in [0.5, 0.6) is 0 Å². The fraction of sp³-hybridized carbons (Fsp3) is 0. The first-order chi connectivity index (χ1) is 28.2. The number of benzene rings is 8. The number of nitrogens with zero attached hydrogens (tertiary/aromatic N) is 3. The average Bonchev–Trinajstić information content (AvgIpc) is 3.97. The summed E-state index contributed by atoms with van der Waals surface area (Å²) in [6, 6.07) is 63.1. The summed E-state index contributed by atoms with van der Waals surface area (Å²) in [5.41, 5.74) is 7.93. The lowest BCUT2D eigenvalue weighted by Crippen LogP contribution is -2.00. The van der Waals surface area contributed by atoms with Gasteiger partial charge in [-0.05, 0) is 64.7 Å². The molecule has 0 saturated heterocycles. The lowest BCUT2D eigenvalue weighted by Gasteiger charge is -2.11. The lowest BCUT2D eigenvalue weighted by molar-refractivity contribution is 1.08. The van der Waals surface area contributed by atoms with E-state index in [9.17, 15) is 0 Å². The van der Waals surface area contributed by atoms with Gasteiger partial charge in [0.2, 0.25) is 0 Å². The number of thiophene rings is 3. The molecule has 0 N–H and O–H groups in total. The molecule has 6 heteroatoms. The van der Waals surface area contributed by atoms with Gasteiger partial charge in [0.05, 0.1) is 0 Å². The van der Waals surface area contributed by atoms with Gasteiger partial charge in [-0.3, -0.25) is 0 Å². The van der Waals surface area contributed by atoms with Gasteiger partial charge in [-0.15, -0.1) is 34.0 Å². The minimum atomic E-state index is 0.663. The summed E-state index contributed by atoms with van der Waals surface area (Å²) in [4.78, 5) is 15.2. The summed E-state index contributed by atoms with van der Waals surface area (Å²) in [7, 11) is 0. The van der Waals surface area contributed by atoms with E-state index in [1.165, 1.54) is 82.8 Å². The molecule has 12 aromatic rings. The van der Waals surface area contributed by atoms with E-state index < -0.39 is 0 Å². The van der Waals surface area contributed by atoms with Gasteiger partial charge in [0.1, 0.15) is 0 Å². The second kappa shape index (κ2) is 13.0. The molecule has 8 aromatic carbocycles. The van der Waals surface area contributed by atoms with Crippen LogP contribution < -0.4 is 0 Å². The minimum Gasteiger partial charge on any atom is -0.208 e. The van der Waals surface area contributed by atoms with Gasteiger partial charge < -0.3 is 0 Å². The van der Waals surface area contributed by atoms with Crippen LogP contribution in [-0.4, -0.2) is 15.0 Å². The van der Waals surface area contributed by atoms with E-state index in [1.54, 1.807) is 0 Å². The second-order valence-electron chi connectivity index (χ2n) is 14.3. The highest BCUT2D eigenvalue weighted by molar-refractivity contribution is 7.26. The van der Waals surface area contributed by atoms with Crippen LogP contribution in [0.4, 0.5) is 0 Å². The number of aromatic nitrogens is 3. The van der Waals surface area contributed by atoms with Gasteiger partial charge in [0.25, 0.3) is 0 Å². The van der Waals surface area contributed by atoms with E-state index in [2.05, 4.69) is 140 Å². The first-order valence-corrected chi connectivity index (χ1v) is 21.4. The third-order valence-corrected chi connectivity index (χ3v) is 14.3. The van der Waals surface area contributed by atoms with Crippen molar-refractivity contribution in [1.82, 2.24) is 15.0 Å². The SMILES string of the molecule is c1ccc(-c2nc(-c3ccccc3)nc(-c3cccc4sc5cc(-c6cc(-c7cccc8sc9ccccc9c78)cc7sc8ccccc8c67)ccc5c34)n2)cc1. The van der Waals surface area contributed by atoms with Gasteiger partial charge in [0, 0.05) is 77.2 Å². The molecule has 0 aliphatic carbocycles. The Morgan fingerprint density at radius 2 is 0.737 bits per heavy atom. The highest BCUT2D eigenvalue weighted by Gasteiger charge is 2.20. The van der Waals surface area contributed by atoms with Crippen molar-refractivity contribution in [2.24, 2.45) is 0 Å². The molecule has 0 aliphatic heterocycles. The molecule has 4 aromatic heterocycles. The highest BCUT2D eigenvalue weighted by Crippen LogP contribution is 2.47. The highest BCUT2D eigenvalue weighted by atomic mass is 32.1. The average molecular weight is 780 g/mol. The van der Waals surface area contributed by atoms with Crippen LogP contribution in [0.1, 0.15) is 0 Å². The molecule has 12 rings (SSSR count). The summed E-state index contributed by atoms with van der Waals surface area (Å²) in [5.74, 6) is 2.00. The minimum absolute atomic E-state index is 0.663. The number of hydrogen-bond donors (Lipinski definition) is 0. The molecule has 0 amide bonds. The monoisotopic (exact) mass is 779 g/mol. The van der Waals surface area contributed by atoms with Crippen LogP contribution in [0.25, 0.3) is 117 Å². The fourth-order valence-electron chi connectivity index (χ4n) is 8.36. The Balaban J connectivity index is 1.07. The summed E-state index contributed by atoms with van der Waals surface area (Å²) in [6.45, 7) is 0. The Hall–Kier alpha value is -6.57. The van der Waals surface area contributed by atoms with E-state index >= 15 is 0 Å². The molecule has 0 fully saturated rings. The smallest absolute Gasteiger partial charge is 0.164 e. The van der Waals surface area contributed by atoms with Crippen LogP contribution in [0.3, 0.4) is 0 Å². The van der Waals surface area contributed by atoms with Crippen LogP contribution in [0, 0.1) is 0 Å². The van der Waals surface area contributed by atoms with Gasteiger partial charge >= 0.3 is 0 Å².